The zero-order valence-electron chi connectivity index (χ0n) is 12.9. The number of aromatic nitrogens is 2. The number of benzene rings is 1. The lowest BCUT2D eigenvalue weighted by atomic mass is 9.42. The summed E-state index contributed by atoms with van der Waals surface area (Å²) in [6.07, 6.45) is 5.76. The summed E-state index contributed by atoms with van der Waals surface area (Å²) in [7, 11) is 0. The monoisotopic (exact) mass is 293 g/mol. The summed E-state index contributed by atoms with van der Waals surface area (Å²) in [4.78, 5) is 0. The van der Waals surface area contributed by atoms with Crippen LogP contribution in [0.5, 0.6) is 0 Å². The molecule has 1 atom stereocenters. The van der Waals surface area contributed by atoms with Gasteiger partial charge in [0.2, 0.25) is 0 Å². The van der Waals surface area contributed by atoms with Crippen LogP contribution in [0.15, 0.2) is 22.7 Å². The summed E-state index contributed by atoms with van der Waals surface area (Å²) in [6.45, 7) is 4.08. The first-order chi connectivity index (χ1) is 10.6. The van der Waals surface area contributed by atoms with Gasteiger partial charge in [-0.2, -0.15) is 5.10 Å². The number of furan rings is 1. The van der Waals surface area contributed by atoms with Crippen LogP contribution in [0.3, 0.4) is 0 Å². The third kappa shape index (κ3) is 1.41. The number of aryl methyl sites for hydroxylation is 1. The van der Waals surface area contributed by atoms with Gasteiger partial charge < -0.3 is 10.2 Å². The zero-order chi connectivity index (χ0) is 15.1. The van der Waals surface area contributed by atoms with Crippen molar-refractivity contribution in [2.24, 2.45) is 11.7 Å². The molecule has 0 saturated heterocycles. The summed E-state index contributed by atoms with van der Waals surface area (Å²) in [6, 6.07) is 4.19. The molecule has 3 aliphatic carbocycles. The van der Waals surface area contributed by atoms with Gasteiger partial charge in [-0.15, -0.1) is 5.10 Å². The van der Waals surface area contributed by atoms with E-state index in [2.05, 4.69) is 29.3 Å². The Kier molecular flexibility index (Phi) is 2.22. The van der Waals surface area contributed by atoms with E-state index >= 15 is 0 Å². The van der Waals surface area contributed by atoms with Gasteiger partial charge in [0.05, 0.1) is 6.20 Å². The lowest BCUT2D eigenvalue weighted by Gasteiger charge is -2.61. The molecule has 3 saturated carbocycles. The average molecular weight is 293 g/mol. The van der Waals surface area contributed by atoms with Crippen molar-refractivity contribution in [1.29, 1.82) is 0 Å². The van der Waals surface area contributed by atoms with Gasteiger partial charge in [-0.1, -0.05) is 6.07 Å². The Morgan fingerprint density at radius 2 is 2.05 bits per heavy atom. The highest BCUT2D eigenvalue weighted by molar-refractivity contribution is 6.05. The van der Waals surface area contributed by atoms with Crippen molar-refractivity contribution < 1.29 is 4.42 Å². The predicted molar refractivity (Wildman–Crippen MR) is 85.7 cm³/mol. The van der Waals surface area contributed by atoms with E-state index in [1.54, 1.807) is 0 Å². The van der Waals surface area contributed by atoms with Gasteiger partial charge in [-0.05, 0) is 50.7 Å². The fourth-order valence-electron chi connectivity index (χ4n) is 4.37. The standard InChI is InChI=1S/C18H19N3O/c1-9-3-12(10(2)19)16-13(4-9)15-17(22-16)14(8-20-21-15)18-5-11(6-18)7-18/h3-4,8,10-11H,5-7,19H2,1-2H3/t10-,11?,18?/m1/s1. The van der Waals surface area contributed by atoms with Crippen LogP contribution in [-0.4, -0.2) is 10.2 Å². The number of rotatable bonds is 2. The second-order valence-electron chi connectivity index (χ2n) is 7.32. The molecule has 0 amide bonds. The predicted octanol–water partition coefficient (Wildman–Crippen LogP) is 3.76. The van der Waals surface area contributed by atoms with E-state index in [0.29, 0.717) is 5.41 Å². The number of hydrogen-bond acceptors (Lipinski definition) is 4. The van der Waals surface area contributed by atoms with Crippen LogP contribution in [0.1, 0.15) is 48.9 Å². The van der Waals surface area contributed by atoms with Gasteiger partial charge in [-0.25, -0.2) is 0 Å². The summed E-state index contributed by atoms with van der Waals surface area (Å²) in [5.41, 5.74) is 12.6. The molecule has 4 nitrogen and oxygen atoms in total. The zero-order valence-corrected chi connectivity index (χ0v) is 12.9. The first-order valence-electron chi connectivity index (χ1n) is 8.02. The number of nitrogens with two attached hydrogens (primary N) is 1. The Labute approximate surface area is 128 Å². The highest BCUT2D eigenvalue weighted by Crippen LogP contribution is 2.66. The highest BCUT2D eigenvalue weighted by atomic mass is 16.3. The van der Waals surface area contributed by atoms with Crippen LogP contribution < -0.4 is 5.73 Å². The smallest absolute Gasteiger partial charge is 0.161 e. The van der Waals surface area contributed by atoms with E-state index in [1.807, 2.05) is 13.1 Å². The molecule has 4 heteroatoms. The molecule has 0 spiro atoms. The molecule has 3 aliphatic rings. The molecule has 2 aromatic heterocycles. The third-order valence-corrected chi connectivity index (χ3v) is 5.63. The minimum atomic E-state index is -0.0608. The van der Waals surface area contributed by atoms with Crippen LogP contribution in [0.25, 0.3) is 22.1 Å². The molecular weight excluding hydrogens is 274 g/mol. The lowest BCUT2D eigenvalue weighted by molar-refractivity contribution is -0.0271. The minimum absolute atomic E-state index is 0.0608. The van der Waals surface area contributed by atoms with Gasteiger partial charge >= 0.3 is 0 Å². The highest BCUT2D eigenvalue weighted by Gasteiger charge is 2.58. The second kappa shape index (κ2) is 3.87. The summed E-state index contributed by atoms with van der Waals surface area (Å²) in [5.74, 6) is 0.925. The largest absolute Gasteiger partial charge is 0.454 e. The fraction of sp³-hybridized carbons (Fsp3) is 0.444. The first kappa shape index (κ1) is 12.6. The number of fused-ring (bicyclic) bond motifs is 3. The summed E-state index contributed by atoms with van der Waals surface area (Å²) < 4.78 is 6.30. The van der Waals surface area contributed by atoms with Gasteiger partial charge in [-0.3, -0.25) is 0 Å². The van der Waals surface area contributed by atoms with E-state index in [4.69, 9.17) is 10.2 Å². The Morgan fingerprint density at radius 3 is 2.68 bits per heavy atom. The molecule has 2 heterocycles. The molecule has 3 fully saturated rings. The topological polar surface area (TPSA) is 64.9 Å². The molecule has 22 heavy (non-hydrogen) atoms. The van der Waals surface area contributed by atoms with Crippen molar-refractivity contribution in [2.75, 3.05) is 0 Å². The molecule has 0 unspecified atom stereocenters. The maximum atomic E-state index is 6.30. The van der Waals surface area contributed by atoms with Crippen molar-refractivity contribution in [3.05, 3.63) is 35.0 Å². The molecule has 1 aromatic carbocycles. The van der Waals surface area contributed by atoms with Crippen molar-refractivity contribution in [3.8, 4) is 0 Å². The van der Waals surface area contributed by atoms with Crippen LogP contribution in [0.4, 0.5) is 0 Å². The Hall–Kier alpha value is -1.94. The molecule has 3 aromatic rings. The summed E-state index contributed by atoms with van der Waals surface area (Å²) in [5, 5.41) is 9.69. The van der Waals surface area contributed by atoms with Crippen molar-refractivity contribution in [2.45, 2.75) is 44.6 Å². The maximum absolute atomic E-state index is 6.30. The molecule has 0 aliphatic heterocycles. The Balaban J connectivity index is 1.87. The van der Waals surface area contributed by atoms with Crippen LogP contribution in [-0.2, 0) is 5.41 Å². The molecule has 0 radical (unpaired) electrons. The van der Waals surface area contributed by atoms with E-state index < -0.39 is 0 Å². The third-order valence-electron chi connectivity index (χ3n) is 5.63. The number of hydrogen-bond donors (Lipinski definition) is 1. The van der Waals surface area contributed by atoms with E-state index in [1.165, 1.54) is 30.4 Å². The van der Waals surface area contributed by atoms with E-state index in [9.17, 15) is 0 Å². The van der Waals surface area contributed by atoms with Gasteiger partial charge in [0.15, 0.2) is 5.58 Å². The van der Waals surface area contributed by atoms with E-state index in [-0.39, 0.29) is 6.04 Å². The van der Waals surface area contributed by atoms with Crippen LogP contribution in [0, 0.1) is 12.8 Å². The van der Waals surface area contributed by atoms with Crippen LogP contribution in [0.2, 0.25) is 0 Å². The first-order valence-corrected chi connectivity index (χ1v) is 8.02. The van der Waals surface area contributed by atoms with Crippen molar-refractivity contribution in [3.63, 3.8) is 0 Å². The Bertz CT molecular complexity index is 908. The minimum Gasteiger partial charge on any atom is -0.454 e. The van der Waals surface area contributed by atoms with Crippen LogP contribution >= 0.6 is 0 Å². The quantitative estimate of drug-likeness (QED) is 0.781. The average Bonchev–Trinajstić information content (AvgIpc) is 2.74. The molecule has 2 bridgehead atoms. The normalized spacial score (nSPS) is 27.7. The van der Waals surface area contributed by atoms with Gasteiger partial charge in [0.25, 0.3) is 0 Å². The van der Waals surface area contributed by atoms with Gasteiger partial charge in [0, 0.05) is 28.0 Å². The maximum Gasteiger partial charge on any atom is 0.161 e. The van der Waals surface area contributed by atoms with Crippen molar-refractivity contribution >= 4 is 22.1 Å². The van der Waals surface area contributed by atoms with Crippen molar-refractivity contribution in [1.82, 2.24) is 10.2 Å². The second-order valence-corrected chi connectivity index (χ2v) is 7.32. The Morgan fingerprint density at radius 1 is 1.27 bits per heavy atom. The molecule has 6 rings (SSSR count). The summed E-state index contributed by atoms with van der Waals surface area (Å²) >= 11 is 0. The number of nitrogens with zero attached hydrogens (tertiary/aromatic N) is 2. The molecular formula is C18H19N3O. The van der Waals surface area contributed by atoms with E-state index in [0.717, 1.165) is 33.6 Å². The molecule has 2 N–H and O–H groups in total. The SMILES string of the molecule is Cc1cc([C@@H](C)N)c2oc3c(C45CC(C4)C5)cnnc3c2c1. The molecule has 112 valence electrons. The lowest BCUT2D eigenvalue weighted by Crippen LogP contribution is -2.55. The fourth-order valence-corrected chi connectivity index (χ4v) is 4.37. The van der Waals surface area contributed by atoms with Gasteiger partial charge in [0.1, 0.15) is 11.1 Å².